The number of hydrogen-bond donors (Lipinski definition) is 0. The quantitative estimate of drug-likeness (QED) is 0.428. The van der Waals surface area contributed by atoms with Crippen LogP contribution < -0.4 is 0 Å². The molecule has 0 amide bonds. The summed E-state index contributed by atoms with van der Waals surface area (Å²) < 4.78 is 4.83. The SMILES string of the molecule is BC1=C(CCC)C(=C)OC1=O. The first-order valence-corrected chi connectivity index (χ1v) is 3.78. The Hall–Kier alpha value is -0.985. The number of carbonyl (C=O) groups excluding carboxylic acids is 1. The fraction of sp³-hybridized carbons (Fsp3) is 0.375. The normalized spacial score (nSPS) is 17.5. The van der Waals surface area contributed by atoms with E-state index in [2.05, 4.69) is 13.5 Å². The second-order valence-electron chi connectivity index (χ2n) is 2.67. The molecule has 1 rings (SSSR count). The first-order valence-electron chi connectivity index (χ1n) is 3.78. The molecule has 0 aromatic rings. The fourth-order valence-electron chi connectivity index (χ4n) is 1.16. The number of ether oxygens (including phenoxy) is 1. The summed E-state index contributed by atoms with van der Waals surface area (Å²) in [5.74, 6) is 0.299. The highest BCUT2D eigenvalue weighted by Crippen LogP contribution is 2.26. The summed E-state index contributed by atoms with van der Waals surface area (Å²) in [5, 5.41) is 0. The van der Waals surface area contributed by atoms with Crippen LogP contribution in [0, 0.1) is 0 Å². The predicted molar refractivity (Wildman–Crippen MR) is 45.7 cm³/mol. The van der Waals surface area contributed by atoms with E-state index in [1.807, 2.05) is 0 Å². The van der Waals surface area contributed by atoms with Gasteiger partial charge in [0.15, 0.2) is 0 Å². The van der Waals surface area contributed by atoms with Gasteiger partial charge in [0.05, 0.1) is 0 Å². The van der Waals surface area contributed by atoms with Crippen LogP contribution in [0.5, 0.6) is 0 Å². The monoisotopic (exact) mass is 150 g/mol. The topological polar surface area (TPSA) is 26.3 Å². The molecule has 0 radical (unpaired) electrons. The van der Waals surface area contributed by atoms with Gasteiger partial charge in [-0.1, -0.05) is 19.9 Å². The Morgan fingerprint density at radius 3 is 2.64 bits per heavy atom. The fourth-order valence-corrected chi connectivity index (χ4v) is 1.16. The lowest BCUT2D eigenvalue weighted by Crippen LogP contribution is -1.97. The van der Waals surface area contributed by atoms with Crippen LogP contribution in [0.15, 0.2) is 23.4 Å². The highest BCUT2D eigenvalue weighted by atomic mass is 16.5. The van der Waals surface area contributed by atoms with Crippen LogP contribution in [0.2, 0.25) is 0 Å². The van der Waals surface area contributed by atoms with Gasteiger partial charge in [0.25, 0.3) is 0 Å². The zero-order chi connectivity index (χ0) is 8.43. The molecule has 0 saturated carbocycles. The summed E-state index contributed by atoms with van der Waals surface area (Å²) in [6, 6.07) is 0. The molecular formula is C8H11BO2. The Balaban J connectivity index is 2.87. The van der Waals surface area contributed by atoms with Crippen molar-refractivity contribution in [3.8, 4) is 0 Å². The Labute approximate surface area is 67.3 Å². The molecule has 1 aliphatic rings. The third-order valence-corrected chi connectivity index (χ3v) is 1.81. The average Bonchev–Trinajstić information content (AvgIpc) is 2.17. The second-order valence-corrected chi connectivity index (χ2v) is 2.67. The van der Waals surface area contributed by atoms with Crippen molar-refractivity contribution in [1.29, 1.82) is 0 Å². The van der Waals surface area contributed by atoms with Gasteiger partial charge in [0.1, 0.15) is 13.6 Å². The van der Waals surface area contributed by atoms with E-state index < -0.39 is 0 Å². The molecule has 1 heterocycles. The van der Waals surface area contributed by atoms with Gasteiger partial charge in [-0.25, -0.2) is 4.79 Å². The Bertz CT molecular complexity index is 240. The summed E-state index contributed by atoms with van der Waals surface area (Å²) >= 11 is 0. The molecule has 0 spiro atoms. The van der Waals surface area contributed by atoms with E-state index in [-0.39, 0.29) is 5.97 Å². The molecule has 3 heteroatoms. The zero-order valence-corrected chi connectivity index (χ0v) is 6.94. The molecule has 0 N–H and O–H groups in total. The van der Waals surface area contributed by atoms with Gasteiger partial charge < -0.3 is 4.74 Å². The molecule has 58 valence electrons. The lowest BCUT2D eigenvalue weighted by Gasteiger charge is -1.98. The molecular weight excluding hydrogens is 139 g/mol. The third kappa shape index (κ3) is 1.37. The largest absolute Gasteiger partial charge is 0.424 e. The summed E-state index contributed by atoms with van der Waals surface area (Å²) in [4.78, 5) is 10.9. The number of carbonyl (C=O) groups is 1. The van der Waals surface area contributed by atoms with E-state index in [1.54, 1.807) is 7.85 Å². The summed E-state index contributed by atoms with van der Waals surface area (Å²) in [6.07, 6.45) is 1.90. The van der Waals surface area contributed by atoms with Crippen LogP contribution in [-0.2, 0) is 9.53 Å². The molecule has 0 bridgehead atoms. The van der Waals surface area contributed by atoms with Crippen LogP contribution in [0.3, 0.4) is 0 Å². The van der Waals surface area contributed by atoms with Crippen LogP contribution in [0.1, 0.15) is 19.8 Å². The van der Waals surface area contributed by atoms with Crippen LogP contribution in [0.25, 0.3) is 0 Å². The molecule has 0 fully saturated rings. The minimum absolute atomic E-state index is 0.238. The van der Waals surface area contributed by atoms with Gasteiger partial charge >= 0.3 is 5.97 Å². The van der Waals surface area contributed by atoms with Gasteiger partial charge in [-0.05, 0) is 12.0 Å². The molecule has 0 aliphatic carbocycles. The minimum atomic E-state index is -0.238. The maximum absolute atomic E-state index is 10.9. The number of esters is 1. The summed E-state index contributed by atoms with van der Waals surface area (Å²) in [7, 11) is 1.78. The van der Waals surface area contributed by atoms with Crippen LogP contribution >= 0.6 is 0 Å². The van der Waals surface area contributed by atoms with Crippen molar-refractivity contribution in [2.24, 2.45) is 0 Å². The molecule has 0 aromatic heterocycles. The maximum Gasteiger partial charge on any atom is 0.330 e. The average molecular weight is 150 g/mol. The summed E-state index contributed by atoms with van der Waals surface area (Å²) in [5.41, 5.74) is 1.70. The Kier molecular flexibility index (Phi) is 2.18. The van der Waals surface area contributed by atoms with Crippen molar-refractivity contribution in [2.75, 3.05) is 0 Å². The molecule has 0 unspecified atom stereocenters. The molecule has 0 aromatic carbocycles. The maximum atomic E-state index is 10.9. The van der Waals surface area contributed by atoms with E-state index >= 15 is 0 Å². The predicted octanol–water partition coefficient (Wildman–Crippen LogP) is 0.744. The van der Waals surface area contributed by atoms with E-state index in [1.165, 1.54) is 0 Å². The lowest BCUT2D eigenvalue weighted by molar-refractivity contribution is -0.132. The van der Waals surface area contributed by atoms with Gasteiger partial charge in [0, 0.05) is 5.47 Å². The molecule has 0 atom stereocenters. The Morgan fingerprint density at radius 2 is 2.27 bits per heavy atom. The standard InChI is InChI=1S/C8H11BO2/c1-3-4-6-5(2)11-8(10)7(6)9/h2-4,9H2,1H3. The van der Waals surface area contributed by atoms with Crippen LogP contribution in [-0.4, -0.2) is 13.8 Å². The lowest BCUT2D eigenvalue weighted by atomic mass is 9.89. The van der Waals surface area contributed by atoms with Crippen molar-refractivity contribution in [2.45, 2.75) is 19.8 Å². The molecule has 1 aliphatic heterocycles. The van der Waals surface area contributed by atoms with Gasteiger partial charge in [-0.3, -0.25) is 0 Å². The second kappa shape index (κ2) is 2.95. The summed E-state index contributed by atoms with van der Waals surface area (Å²) in [6.45, 7) is 5.72. The van der Waals surface area contributed by atoms with Crippen molar-refractivity contribution in [3.63, 3.8) is 0 Å². The van der Waals surface area contributed by atoms with Gasteiger partial charge in [-0.15, -0.1) is 0 Å². The van der Waals surface area contributed by atoms with E-state index in [9.17, 15) is 4.79 Å². The van der Waals surface area contributed by atoms with Crippen molar-refractivity contribution in [1.82, 2.24) is 0 Å². The Morgan fingerprint density at radius 1 is 1.64 bits per heavy atom. The van der Waals surface area contributed by atoms with E-state index in [4.69, 9.17) is 4.74 Å². The van der Waals surface area contributed by atoms with E-state index in [0.717, 1.165) is 23.9 Å². The highest BCUT2D eigenvalue weighted by Gasteiger charge is 2.23. The first-order chi connectivity index (χ1) is 5.16. The number of allylic oxidation sites excluding steroid dienone is 1. The van der Waals surface area contributed by atoms with E-state index in [0.29, 0.717) is 5.76 Å². The zero-order valence-electron chi connectivity index (χ0n) is 6.94. The molecule has 2 nitrogen and oxygen atoms in total. The van der Waals surface area contributed by atoms with Crippen molar-refractivity contribution >= 4 is 13.8 Å². The highest BCUT2D eigenvalue weighted by molar-refractivity contribution is 6.37. The van der Waals surface area contributed by atoms with Crippen molar-refractivity contribution in [3.05, 3.63) is 23.4 Å². The third-order valence-electron chi connectivity index (χ3n) is 1.81. The van der Waals surface area contributed by atoms with Crippen LogP contribution in [0.4, 0.5) is 0 Å². The van der Waals surface area contributed by atoms with Gasteiger partial charge in [-0.2, -0.15) is 0 Å². The smallest absolute Gasteiger partial charge is 0.330 e. The van der Waals surface area contributed by atoms with Crippen molar-refractivity contribution < 1.29 is 9.53 Å². The first kappa shape index (κ1) is 8.11. The van der Waals surface area contributed by atoms with Gasteiger partial charge in [0.2, 0.25) is 0 Å². The number of rotatable bonds is 2. The molecule has 0 saturated heterocycles. The number of cyclic esters (lactones) is 1. The molecule has 11 heavy (non-hydrogen) atoms. The number of hydrogen-bond acceptors (Lipinski definition) is 2. The minimum Gasteiger partial charge on any atom is -0.424 e.